The SMILES string of the molecule is Cc1nc(-c2ccccc2)ncc1CN1CCc2nc(-c3ccncc3)ncc2C1. The maximum absolute atomic E-state index is 4.80. The molecule has 6 nitrogen and oxygen atoms in total. The van der Waals surface area contributed by atoms with Crippen LogP contribution in [0.2, 0.25) is 0 Å². The van der Waals surface area contributed by atoms with Gasteiger partial charge in [0.15, 0.2) is 11.6 Å². The molecule has 0 bridgehead atoms. The molecule has 0 atom stereocenters. The molecule has 0 unspecified atom stereocenters. The van der Waals surface area contributed by atoms with E-state index in [4.69, 9.17) is 9.97 Å². The van der Waals surface area contributed by atoms with Crippen molar-refractivity contribution in [3.8, 4) is 22.8 Å². The summed E-state index contributed by atoms with van der Waals surface area (Å²) >= 11 is 0. The highest BCUT2D eigenvalue weighted by molar-refractivity contribution is 5.55. The van der Waals surface area contributed by atoms with E-state index in [9.17, 15) is 0 Å². The third-order valence-corrected chi connectivity index (χ3v) is 5.46. The highest BCUT2D eigenvalue weighted by Gasteiger charge is 2.20. The van der Waals surface area contributed by atoms with Gasteiger partial charge in [-0.15, -0.1) is 0 Å². The Morgan fingerprint density at radius 3 is 2.40 bits per heavy atom. The van der Waals surface area contributed by atoms with Crippen molar-refractivity contribution in [2.24, 2.45) is 0 Å². The van der Waals surface area contributed by atoms with Crippen molar-refractivity contribution in [1.29, 1.82) is 0 Å². The zero-order valence-corrected chi connectivity index (χ0v) is 16.9. The first-order valence-corrected chi connectivity index (χ1v) is 10.1. The molecule has 148 valence electrons. The normalized spacial score (nSPS) is 13.8. The Morgan fingerprint density at radius 1 is 0.867 bits per heavy atom. The molecule has 1 aliphatic rings. The standard InChI is InChI=1S/C24H22N6/c1-17-20(13-26-23(28-17)18-5-3-2-4-6-18)15-30-12-9-22-21(16-30)14-27-24(29-22)19-7-10-25-11-8-19/h2-8,10-11,13-14H,9,12,15-16H2,1H3. The summed E-state index contributed by atoms with van der Waals surface area (Å²) in [6.45, 7) is 4.68. The van der Waals surface area contributed by atoms with Crippen molar-refractivity contribution in [1.82, 2.24) is 29.8 Å². The minimum absolute atomic E-state index is 0.769. The first-order valence-electron chi connectivity index (χ1n) is 10.1. The predicted molar refractivity (Wildman–Crippen MR) is 115 cm³/mol. The molecule has 5 rings (SSSR count). The summed E-state index contributed by atoms with van der Waals surface area (Å²) in [4.78, 5) is 25.2. The number of rotatable bonds is 4. The number of fused-ring (bicyclic) bond motifs is 1. The van der Waals surface area contributed by atoms with Gasteiger partial charge in [-0.05, 0) is 19.1 Å². The van der Waals surface area contributed by atoms with Gasteiger partial charge >= 0.3 is 0 Å². The van der Waals surface area contributed by atoms with Crippen LogP contribution < -0.4 is 0 Å². The molecule has 0 saturated carbocycles. The van der Waals surface area contributed by atoms with Crippen molar-refractivity contribution >= 4 is 0 Å². The first kappa shape index (κ1) is 18.5. The number of aryl methyl sites for hydroxylation is 1. The molecule has 0 saturated heterocycles. The lowest BCUT2D eigenvalue weighted by Gasteiger charge is -2.28. The van der Waals surface area contributed by atoms with E-state index in [1.54, 1.807) is 12.4 Å². The topological polar surface area (TPSA) is 67.7 Å². The molecule has 0 aliphatic carbocycles. The summed E-state index contributed by atoms with van der Waals surface area (Å²) < 4.78 is 0. The second-order valence-electron chi connectivity index (χ2n) is 7.53. The summed E-state index contributed by atoms with van der Waals surface area (Å²) in [7, 11) is 0. The van der Waals surface area contributed by atoms with Gasteiger partial charge in [-0.1, -0.05) is 30.3 Å². The number of pyridine rings is 1. The van der Waals surface area contributed by atoms with Crippen LogP contribution in [0.5, 0.6) is 0 Å². The van der Waals surface area contributed by atoms with E-state index in [1.807, 2.05) is 54.9 Å². The van der Waals surface area contributed by atoms with Crippen LogP contribution >= 0.6 is 0 Å². The average Bonchev–Trinajstić information content (AvgIpc) is 2.81. The zero-order valence-electron chi connectivity index (χ0n) is 16.9. The lowest BCUT2D eigenvalue weighted by molar-refractivity contribution is 0.242. The second kappa shape index (κ2) is 8.08. The highest BCUT2D eigenvalue weighted by Crippen LogP contribution is 2.23. The van der Waals surface area contributed by atoms with Crippen LogP contribution in [-0.2, 0) is 19.5 Å². The van der Waals surface area contributed by atoms with E-state index in [1.165, 1.54) is 5.56 Å². The Labute approximate surface area is 175 Å². The van der Waals surface area contributed by atoms with Gasteiger partial charge in [-0.25, -0.2) is 19.9 Å². The maximum Gasteiger partial charge on any atom is 0.159 e. The Bertz CT molecular complexity index is 1160. The fraction of sp³-hybridized carbons (Fsp3) is 0.208. The summed E-state index contributed by atoms with van der Waals surface area (Å²) in [5.41, 5.74) is 6.56. The zero-order chi connectivity index (χ0) is 20.3. The van der Waals surface area contributed by atoms with Gasteiger partial charge in [0.05, 0.1) is 5.69 Å². The van der Waals surface area contributed by atoms with E-state index in [-0.39, 0.29) is 0 Å². The van der Waals surface area contributed by atoms with Crippen molar-refractivity contribution in [2.45, 2.75) is 26.4 Å². The van der Waals surface area contributed by atoms with E-state index in [2.05, 4.69) is 26.8 Å². The third-order valence-electron chi connectivity index (χ3n) is 5.46. The molecule has 0 radical (unpaired) electrons. The van der Waals surface area contributed by atoms with Gasteiger partial charge in [0.25, 0.3) is 0 Å². The van der Waals surface area contributed by atoms with Crippen molar-refractivity contribution in [3.63, 3.8) is 0 Å². The fourth-order valence-corrected chi connectivity index (χ4v) is 3.76. The Hall–Kier alpha value is -3.51. The minimum atomic E-state index is 0.769. The Morgan fingerprint density at radius 2 is 1.60 bits per heavy atom. The summed E-state index contributed by atoms with van der Waals surface area (Å²) in [5, 5.41) is 0. The van der Waals surface area contributed by atoms with Crippen LogP contribution in [-0.4, -0.2) is 36.4 Å². The number of hydrogen-bond acceptors (Lipinski definition) is 6. The molecule has 0 spiro atoms. The summed E-state index contributed by atoms with van der Waals surface area (Å²) in [6, 6.07) is 14.0. The average molecular weight is 394 g/mol. The molecular weight excluding hydrogens is 372 g/mol. The van der Waals surface area contributed by atoms with Crippen LogP contribution in [0.25, 0.3) is 22.8 Å². The number of benzene rings is 1. The van der Waals surface area contributed by atoms with Gasteiger partial charge < -0.3 is 0 Å². The van der Waals surface area contributed by atoms with Crippen molar-refractivity contribution in [3.05, 3.63) is 89.8 Å². The van der Waals surface area contributed by atoms with Crippen molar-refractivity contribution < 1.29 is 0 Å². The molecular formula is C24H22N6. The Kier molecular flexibility index (Phi) is 4.99. The monoisotopic (exact) mass is 394 g/mol. The molecule has 6 heteroatoms. The third kappa shape index (κ3) is 3.82. The van der Waals surface area contributed by atoms with Crippen LogP contribution in [0.15, 0.2) is 67.3 Å². The predicted octanol–water partition coefficient (Wildman–Crippen LogP) is 3.86. The van der Waals surface area contributed by atoms with Crippen LogP contribution in [0.3, 0.4) is 0 Å². The van der Waals surface area contributed by atoms with Crippen LogP contribution in [0.1, 0.15) is 22.5 Å². The molecule has 0 amide bonds. The maximum atomic E-state index is 4.80. The lowest BCUT2D eigenvalue weighted by atomic mass is 10.1. The second-order valence-corrected chi connectivity index (χ2v) is 7.53. The molecule has 1 aromatic carbocycles. The van der Waals surface area contributed by atoms with E-state index >= 15 is 0 Å². The van der Waals surface area contributed by atoms with Crippen LogP contribution in [0, 0.1) is 6.92 Å². The molecule has 30 heavy (non-hydrogen) atoms. The molecule has 3 aromatic heterocycles. The molecule has 0 fully saturated rings. The summed E-state index contributed by atoms with van der Waals surface area (Å²) in [6.07, 6.45) is 8.38. The van der Waals surface area contributed by atoms with Gasteiger partial charge in [-0.3, -0.25) is 9.88 Å². The van der Waals surface area contributed by atoms with Crippen molar-refractivity contribution in [2.75, 3.05) is 6.54 Å². The highest BCUT2D eigenvalue weighted by atomic mass is 15.1. The summed E-state index contributed by atoms with van der Waals surface area (Å²) in [5.74, 6) is 1.54. The molecule has 4 heterocycles. The fourth-order valence-electron chi connectivity index (χ4n) is 3.76. The largest absolute Gasteiger partial charge is 0.294 e. The van der Waals surface area contributed by atoms with Gasteiger partial charge in [-0.2, -0.15) is 0 Å². The van der Waals surface area contributed by atoms with Gasteiger partial charge in [0.1, 0.15) is 0 Å². The number of aromatic nitrogens is 5. The number of nitrogens with zero attached hydrogens (tertiary/aromatic N) is 6. The number of hydrogen-bond donors (Lipinski definition) is 0. The van der Waals surface area contributed by atoms with Gasteiger partial charge in [0, 0.05) is 78.8 Å². The minimum Gasteiger partial charge on any atom is -0.294 e. The van der Waals surface area contributed by atoms with E-state index in [0.29, 0.717) is 0 Å². The molecule has 1 aliphatic heterocycles. The Balaban J connectivity index is 1.31. The van der Waals surface area contributed by atoms with Crippen LogP contribution in [0.4, 0.5) is 0 Å². The van der Waals surface area contributed by atoms with E-state index < -0.39 is 0 Å². The first-order chi connectivity index (χ1) is 14.8. The molecule has 4 aromatic rings. The van der Waals surface area contributed by atoms with Gasteiger partial charge in [0.2, 0.25) is 0 Å². The van der Waals surface area contributed by atoms with E-state index in [0.717, 1.165) is 65.8 Å². The quantitative estimate of drug-likeness (QED) is 0.524. The lowest BCUT2D eigenvalue weighted by Crippen LogP contribution is -2.31. The smallest absolute Gasteiger partial charge is 0.159 e. The molecule has 0 N–H and O–H groups in total.